The predicted molar refractivity (Wildman–Crippen MR) is 53.7 cm³/mol. The number of rotatable bonds is 2. The fraction of sp³-hybridized carbons (Fsp3) is 1.00. The summed E-state index contributed by atoms with van der Waals surface area (Å²) in [5, 5.41) is 2.86. The Morgan fingerprint density at radius 3 is 2.36 bits per heavy atom. The smallest absolute Gasteiger partial charge is 0.261 e. The van der Waals surface area contributed by atoms with Crippen molar-refractivity contribution >= 4 is 0 Å². The lowest BCUT2D eigenvalue weighted by Crippen LogP contribution is -2.45. The molecule has 0 amide bonds. The third-order valence-corrected chi connectivity index (χ3v) is 2.83. The topological polar surface area (TPSA) is 15.3 Å². The van der Waals surface area contributed by atoms with Gasteiger partial charge in [-0.05, 0) is 27.8 Å². The molecule has 1 aliphatic heterocycles. The van der Waals surface area contributed by atoms with Crippen molar-refractivity contribution in [1.82, 2.24) is 10.2 Å². The summed E-state index contributed by atoms with van der Waals surface area (Å²) in [5.74, 6) is -2.51. The fourth-order valence-electron chi connectivity index (χ4n) is 1.53. The van der Waals surface area contributed by atoms with Crippen molar-refractivity contribution in [2.75, 3.05) is 20.1 Å². The average molecular weight is 206 g/mol. The Kier molecular flexibility index (Phi) is 3.17. The quantitative estimate of drug-likeness (QED) is 0.740. The van der Waals surface area contributed by atoms with E-state index in [1.54, 1.807) is 0 Å². The van der Waals surface area contributed by atoms with Crippen molar-refractivity contribution in [2.45, 2.75) is 44.7 Å². The van der Waals surface area contributed by atoms with Crippen molar-refractivity contribution in [1.29, 1.82) is 0 Å². The van der Waals surface area contributed by atoms with Crippen LogP contribution in [-0.2, 0) is 0 Å². The molecule has 14 heavy (non-hydrogen) atoms. The third kappa shape index (κ3) is 3.17. The standard InChI is InChI=1S/C10H20F2N2/c1-9(2,3)14(4)6-8-5-10(11,12)7-13-8/h8,13H,5-7H2,1-4H3/t8-/m0/s1. The zero-order valence-corrected chi connectivity index (χ0v) is 9.40. The molecule has 0 aromatic rings. The number of likely N-dealkylation sites (N-methyl/N-ethyl adjacent to an activating group) is 1. The van der Waals surface area contributed by atoms with Gasteiger partial charge in [0.25, 0.3) is 5.92 Å². The molecule has 0 bridgehead atoms. The van der Waals surface area contributed by atoms with Gasteiger partial charge >= 0.3 is 0 Å². The molecule has 1 rings (SSSR count). The number of nitrogens with zero attached hydrogens (tertiary/aromatic N) is 1. The highest BCUT2D eigenvalue weighted by Crippen LogP contribution is 2.26. The van der Waals surface area contributed by atoms with E-state index in [2.05, 4.69) is 31.0 Å². The monoisotopic (exact) mass is 206 g/mol. The maximum absolute atomic E-state index is 12.9. The Hall–Kier alpha value is -0.220. The summed E-state index contributed by atoms with van der Waals surface area (Å²) < 4.78 is 25.7. The van der Waals surface area contributed by atoms with Gasteiger partial charge in [0.1, 0.15) is 0 Å². The summed E-state index contributed by atoms with van der Waals surface area (Å²) in [6.07, 6.45) is -0.0343. The SMILES string of the molecule is CN(C[C@@H]1CC(F)(F)CN1)C(C)(C)C. The number of alkyl halides is 2. The largest absolute Gasteiger partial charge is 0.307 e. The number of hydrogen-bond acceptors (Lipinski definition) is 2. The minimum absolute atomic E-state index is 0.0343. The van der Waals surface area contributed by atoms with Crippen LogP contribution in [0, 0.1) is 0 Å². The Morgan fingerprint density at radius 1 is 1.43 bits per heavy atom. The van der Waals surface area contributed by atoms with E-state index in [9.17, 15) is 8.78 Å². The second kappa shape index (κ2) is 3.74. The van der Waals surface area contributed by atoms with E-state index in [-0.39, 0.29) is 24.5 Å². The van der Waals surface area contributed by atoms with E-state index in [0.29, 0.717) is 6.54 Å². The summed E-state index contributed by atoms with van der Waals surface area (Å²) in [4.78, 5) is 2.10. The maximum Gasteiger partial charge on any atom is 0.261 e. The van der Waals surface area contributed by atoms with Crippen LogP contribution in [0.3, 0.4) is 0 Å². The van der Waals surface area contributed by atoms with Gasteiger partial charge in [0.05, 0.1) is 6.54 Å². The molecule has 1 saturated heterocycles. The Morgan fingerprint density at radius 2 is 2.00 bits per heavy atom. The van der Waals surface area contributed by atoms with Crippen LogP contribution in [0.2, 0.25) is 0 Å². The van der Waals surface area contributed by atoms with Gasteiger partial charge in [-0.3, -0.25) is 4.90 Å². The van der Waals surface area contributed by atoms with Crippen molar-refractivity contribution in [3.63, 3.8) is 0 Å². The van der Waals surface area contributed by atoms with Crippen molar-refractivity contribution in [3.8, 4) is 0 Å². The molecule has 0 aromatic heterocycles. The lowest BCUT2D eigenvalue weighted by Gasteiger charge is -2.33. The Balaban J connectivity index is 2.40. The predicted octanol–water partition coefficient (Wildman–Crippen LogP) is 1.71. The van der Waals surface area contributed by atoms with Crippen LogP contribution >= 0.6 is 0 Å². The molecular formula is C10H20F2N2. The molecule has 0 aliphatic carbocycles. The number of nitrogens with one attached hydrogen (secondary N) is 1. The van der Waals surface area contributed by atoms with Crippen LogP contribution in [0.15, 0.2) is 0 Å². The van der Waals surface area contributed by atoms with E-state index < -0.39 is 5.92 Å². The molecule has 84 valence electrons. The third-order valence-electron chi connectivity index (χ3n) is 2.83. The van der Waals surface area contributed by atoms with E-state index in [4.69, 9.17) is 0 Å². The molecule has 0 saturated carbocycles. The van der Waals surface area contributed by atoms with Gasteiger partial charge in [-0.1, -0.05) is 0 Å². The van der Waals surface area contributed by atoms with Crippen LogP contribution in [0.5, 0.6) is 0 Å². The highest BCUT2D eigenvalue weighted by molar-refractivity contribution is 4.90. The molecule has 0 radical (unpaired) electrons. The highest BCUT2D eigenvalue weighted by Gasteiger charge is 2.39. The molecule has 4 heteroatoms. The molecular weight excluding hydrogens is 186 g/mol. The minimum atomic E-state index is -2.51. The van der Waals surface area contributed by atoms with Crippen molar-refractivity contribution < 1.29 is 8.78 Å². The van der Waals surface area contributed by atoms with Gasteiger partial charge in [-0.25, -0.2) is 8.78 Å². The Bertz CT molecular complexity index is 199. The summed E-state index contributed by atoms with van der Waals surface area (Å²) in [6.45, 7) is 6.76. The zero-order valence-electron chi connectivity index (χ0n) is 9.40. The molecule has 1 atom stereocenters. The van der Waals surface area contributed by atoms with E-state index in [1.165, 1.54) is 0 Å². The first kappa shape index (κ1) is 11.9. The van der Waals surface area contributed by atoms with E-state index in [0.717, 1.165) is 0 Å². The van der Waals surface area contributed by atoms with E-state index in [1.807, 2.05) is 7.05 Å². The molecule has 1 heterocycles. The van der Waals surface area contributed by atoms with Crippen molar-refractivity contribution in [3.05, 3.63) is 0 Å². The zero-order chi connectivity index (χ0) is 11.0. The second-order valence-electron chi connectivity index (χ2n) is 5.19. The van der Waals surface area contributed by atoms with Gasteiger partial charge in [0.2, 0.25) is 0 Å². The summed E-state index contributed by atoms with van der Waals surface area (Å²) >= 11 is 0. The summed E-state index contributed by atoms with van der Waals surface area (Å²) in [7, 11) is 1.97. The van der Waals surface area contributed by atoms with Gasteiger partial charge in [0, 0.05) is 24.5 Å². The van der Waals surface area contributed by atoms with Gasteiger partial charge in [0.15, 0.2) is 0 Å². The normalized spacial score (nSPS) is 27.2. The van der Waals surface area contributed by atoms with Gasteiger partial charge in [-0.15, -0.1) is 0 Å². The highest BCUT2D eigenvalue weighted by atomic mass is 19.3. The van der Waals surface area contributed by atoms with E-state index >= 15 is 0 Å². The van der Waals surface area contributed by atoms with Crippen LogP contribution in [0.4, 0.5) is 8.78 Å². The van der Waals surface area contributed by atoms with Gasteiger partial charge in [-0.2, -0.15) is 0 Å². The number of halogens is 2. The first-order valence-electron chi connectivity index (χ1n) is 5.03. The lowest BCUT2D eigenvalue weighted by atomic mass is 10.1. The molecule has 0 spiro atoms. The van der Waals surface area contributed by atoms with Crippen LogP contribution in [-0.4, -0.2) is 42.5 Å². The average Bonchev–Trinajstić information content (AvgIpc) is 2.28. The number of hydrogen-bond donors (Lipinski definition) is 1. The fourth-order valence-corrected chi connectivity index (χ4v) is 1.53. The molecule has 0 aromatic carbocycles. The second-order valence-corrected chi connectivity index (χ2v) is 5.19. The van der Waals surface area contributed by atoms with Gasteiger partial charge < -0.3 is 5.32 Å². The molecule has 1 aliphatic rings. The summed E-state index contributed by atoms with van der Waals surface area (Å²) in [6, 6.07) is -0.0748. The maximum atomic E-state index is 12.9. The molecule has 2 nitrogen and oxygen atoms in total. The molecule has 1 fully saturated rings. The van der Waals surface area contributed by atoms with Crippen molar-refractivity contribution in [2.24, 2.45) is 0 Å². The summed E-state index contributed by atoms with van der Waals surface area (Å²) in [5.41, 5.74) is 0.0412. The Labute approximate surface area is 84.7 Å². The minimum Gasteiger partial charge on any atom is -0.307 e. The van der Waals surface area contributed by atoms with Crippen LogP contribution in [0.1, 0.15) is 27.2 Å². The van der Waals surface area contributed by atoms with Crippen LogP contribution in [0.25, 0.3) is 0 Å². The molecule has 1 N–H and O–H groups in total. The first-order chi connectivity index (χ1) is 6.21. The van der Waals surface area contributed by atoms with Crippen LogP contribution < -0.4 is 5.32 Å². The lowest BCUT2D eigenvalue weighted by molar-refractivity contribution is 0.0191. The first-order valence-corrected chi connectivity index (χ1v) is 5.03. The molecule has 0 unspecified atom stereocenters.